The fraction of sp³-hybridized carbons (Fsp3) is 0.357. The van der Waals surface area contributed by atoms with Crippen LogP contribution in [0.5, 0.6) is 6.01 Å². The van der Waals surface area contributed by atoms with Crippen LogP contribution in [0, 0.1) is 11.6 Å². The number of thiazole rings is 1. The number of nitrogens with zero attached hydrogens (tertiary/aromatic N) is 5. The normalized spacial score (nSPS) is 17.9. The summed E-state index contributed by atoms with van der Waals surface area (Å²) in [6.45, 7) is 3.80. The number of piperidine rings is 1. The molecule has 2 aromatic heterocycles. The largest absolute Gasteiger partial charge is 0.465 e. The van der Waals surface area contributed by atoms with Gasteiger partial charge in [0.05, 0.1) is 33.9 Å². The number of ether oxygens (including phenoxy) is 1. The smallest absolute Gasteiger partial charge is 0.297 e. The van der Waals surface area contributed by atoms with E-state index in [1.54, 1.807) is 11.3 Å². The first-order chi connectivity index (χ1) is 19.0. The van der Waals surface area contributed by atoms with Gasteiger partial charge in [0.2, 0.25) is 5.91 Å². The minimum atomic E-state index is -0.809. The molecule has 0 aliphatic carbocycles. The third kappa shape index (κ3) is 4.98. The Morgan fingerprint density at radius 3 is 2.64 bits per heavy atom. The number of imidazole rings is 1. The fourth-order valence-electron chi connectivity index (χ4n) is 5.17. The van der Waals surface area contributed by atoms with Gasteiger partial charge in [-0.1, -0.05) is 23.4 Å². The van der Waals surface area contributed by atoms with Crippen LogP contribution in [0.25, 0.3) is 11.0 Å². The number of para-hydroxylation sites is 2. The van der Waals surface area contributed by atoms with Crippen LogP contribution >= 0.6 is 11.3 Å². The average molecular weight is 552 g/mol. The quantitative estimate of drug-likeness (QED) is 0.306. The molecule has 4 heterocycles. The zero-order chi connectivity index (χ0) is 26.9. The monoisotopic (exact) mass is 551 g/mol. The first kappa shape index (κ1) is 25.4. The van der Waals surface area contributed by atoms with Crippen molar-refractivity contribution in [1.29, 1.82) is 0 Å². The maximum absolute atomic E-state index is 14.2. The van der Waals surface area contributed by atoms with E-state index in [-0.39, 0.29) is 30.4 Å². The highest BCUT2D eigenvalue weighted by molar-refractivity contribution is 7.10. The van der Waals surface area contributed by atoms with Crippen LogP contribution in [0.4, 0.5) is 8.78 Å². The number of fused-ring (bicyclic) bond motifs is 1. The van der Waals surface area contributed by atoms with Crippen molar-refractivity contribution < 1.29 is 23.1 Å². The van der Waals surface area contributed by atoms with Crippen LogP contribution in [0.1, 0.15) is 54.5 Å². The Balaban J connectivity index is 1.07. The van der Waals surface area contributed by atoms with Crippen molar-refractivity contribution in [3.63, 3.8) is 0 Å². The molecule has 11 heteroatoms. The first-order valence-electron chi connectivity index (χ1n) is 13.0. The lowest BCUT2D eigenvalue weighted by Gasteiger charge is -2.31. The lowest BCUT2D eigenvalue weighted by Crippen LogP contribution is -2.39. The number of hydrogen-bond donors (Lipinski definition) is 0. The van der Waals surface area contributed by atoms with Gasteiger partial charge in [0.25, 0.3) is 6.01 Å². The number of halogens is 2. The molecule has 0 spiro atoms. The van der Waals surface area contributed by atoms with Crippen LogP contribution < -0.4 is 4.74 Å². The van der Waals surface area contributed by atoms with Crippen LogP contribution in [-0.2, 0) is 16.2 Å². The second-order valence-electron chi connectivity index (χ2n) is 9.60. The van der Waals surface area contributed by atoms with Crippen molar-refractivity contribution in [3.8, 4) is 6.01 Å². The molecule has 202 valence electrons. The Kier molecular flexibility index (Phi) is 6.99. The summed E-state index contributed by atoms with van der Waals surface area (Å²) in [7, 11) is 0. The van der Waals surface area contributed by atoms with Crippen LogP contribution in [0.2, 0.25) is 0 Å². The summed E-state index contributed by atoms with van der Waals surface area (Å²) in [6, 6.07) is 11.9. The van der Waals surface area contributed by atoms with Gasteiger partial charge in [-0.15, -0.1) is 11.3 Å². The standard InChI is InChI=1S/C28H27F2N5O3S/c1-2-37-28-32-20-8-3-4-9-23(20)35(28)15-25(36)34-12-10-17(11-13-34)27-31-22(16-39-27)21-14-24(38-33-21)26-18(29)6-5-7-19(26)30/h3-9,16-17,24H,2,10-15H2,1H3. The zero-order valence-electron chi connectivity index (χ0n) is 21.3. The van der Waals surface area contributed by atoms with E-state index in [1.165, 1.54) is 18.2 Å². The number of carbonyl (C=O) groups is 1. The molecule has 0 saturated carbocycles. The van der Waals surface area contributed by atoms with Gasteiger partial charge in [0, 0.05) is 30.8 Å². The lowest BCUT2D eigenvalue weighted by molar-refractivity contribution is -0.132. The Bertz CT molecular complexity index is 1520. The summed E-state index contributed by atoms with van der Waals surface area (Å²) in [5.41, 5.74) is 2.81. The number of likely N-dealkylation sites (tertiary alicyclic amines) is 1. The topological polar surface area (TPSA) is 81.8 Å². The van der Waals surface area contributed by atoms with Crippen LogP contribution in [0.3, 0.4) is 0 Å². The Morgan fingerprint density at radius 2 is 1.87 bits per heavy atom. The second kappa shape index (κ2) is 10.7. The van der Waals surface area contributed by atoms with Gasteiger partial charge in [-0.05, 0) is 44.0 Å². The molecule has 2 aliphatic rings. The molecular formula is C28H27F2N5O3S. The Morgan fingerprint density at radius 1 is 1.10 bits per heavy atom. The first-order valence-corrected chi connectivity index (χ1v) is 13.9. The van der Waals surface area contributed by atoms with E-state index >= 15 is 0 Å². The van der Waals surface area contributed by atoms with Gasteiger partial charge in [0.1, 0.15) is 23.9 Å². The molecule has 1 amide bonds. The van der Waals surface area contributed by atoms with Crippen molar-refractivity contribution >= 4 is 34.0 Å². The van der Waals surface area contributed by atoms with Crippen molar-refractivity contribution in [3.05, 3.63) is 75.7 Å². The minimum absolute atomic E-state index is 0.0289. The number of carbonyl (C=O) groups excluding carboxylic acids is 1. The maximum atomic E-state index is 14.2. The molecule has 0 radical (unpaired) electrons. The zero-order valence-corrected chi connectivity index (χ0v) is 22.2. The van der Waals surface area contributed by atoms with E-state index in [0.717, 1.165) is 28.9 Å². The third-order valence-electron chi connectivity index (χ3n) is 7.19. The summed E-state index contributed by atoms with van der Waals surface area (Å²) in [6.07, 6.45) is 1.04. The van der Waals surface area contributed by atoms with Gasteiger partial charge >= 0.3 is 0 Å². The molecule has 6 rings (SSSR count). The van der Waals surface area contributed by atoms with Crippen molar-refractivity contribution in [1.82, 2.24) is 19.4 Å². The lowest BCUT2D eigenvalue weighted by atomic mass is 9.97. The van der Waals surface area contributed by atoms with Crippen LogP contribution in [-0.4, -0.2) is 50.8 Å². The predicted molar refractivity (Wildman–Crippen MR) is 143 cm³/mol. The highest BCUT2D eigenvalue weighted by Crippen LogP contribution is 2.35. The van der Waals surface area contributed by atoms with Crippen molar-refractivity contribution in [2.75, 3.05) is 19.7 Å². The average Bonchev–Trinajstić information content (AvgIpc) is 3.69. The molecule has 1 fully saturated rings. The number of rotatable bonds is 7. The van der Waals surface area contributed by atoms with Gasteiger partial charge in [-0.2, -0.15) is 4.98 Å². The molecule has 8 nitrogen and oxygen atoms in total. The van der Waals surface area contributed by atoms with Gasteiger partial charge in [-0.3, -0.25) is 9.36 Å². The highest BCUT2D eigenvalue weighted by Gasteiger charge is 2.31. The van der Waals surface area contributed by atoms with E-state index in [4.69, 9.17) is 14.6 Å². The van der Waals surface area contributed by atoms with E-state index in [9.17, 15) is 13.6 Å². The SMILES string of the molecule is CCOc1nc2ccccc2n1CC(=O)N1CCC(c2nc(C3=NOC(c4c(F)cccc4F)C3)cs2)CC1. The Hall–Kier alpha value is -3.86. The molecule has 2 aliphatic heterocycles. The van der Waals surface area contributed by atoms with Gasteiger partial charge in [0.15, 0.2) is 6.10 Å². The molecule has 1 unspecified atom stereocenters. The molecule has 1 saturated heterocycles. The van der Waals surface area contributed by atoms with Gasteiger partial charge < -0.3 is 14.5 Å². The Labute approximate surface area is 227 Å². The summed E-state index contributed by atoms with van der Waals surface area (Å²) >= 11 is 1.54. The molecule has 1 atom stereocenters. The summed E-state index contributed by atoms with van der Waals surface area (Å²) in [4.78, 5) is 29.8. The number of aromatic nitrogens is 3. The van der Waals surface area contributed by atoms with Gasteiger partial charge in [-0.25, -0.2) is 13.8 Å². The minimum Gasteiger partial charge on any atom is -0.465 e. The summed E-state index contributed by atoms with van der Waals surface area (Å²) in [5, 5.41) is 6.96. The number of benzene rings is 2. The summed E-state index contributed by atoms with van der Waals surface area (Å²) in [5.74, 6) is -1.04. The van der Waals surface area contributed by atoms with Crippen molar-refractivity contribution in [2.45, 2.75) is 44.8 Å². The third-order valence-corrected chi connectivity index (χ3v) is 8.20. The van der Waals surface area contributed by atoms with Crippen LogP contribution in [0.15, 0.2) is 53.0 Å². The molecule has 4 aromatic rings. The second-order valence-corrected chi connectivity index (χ2v) is 10.5. The molecule has 2 aromatic carbocycles. The number of oxime groups is 1. The van der Waals surface area contributed by atoms with E-state index < -0.39 is 17.7 Å². The molecule has 0 N–H and O–H groups in total. The summed E-state index contributed by atoms with van der Waals surface area (Å²) < 4.78 is 35.9. The predicted octanol–water partition coefficient (Wildman–Crippen LogP) is 5.44. The molecular weight excluding hydrogens is 524 g/mol. The maximum Gasteiger partial charge on any atom is 0.297 e. The van der Waals surface area contributed by atoms with Crippen molar-refractivity contribution in [2.24, 2.45) is 5.16 Å². The van der Waals surface area contributed by atoms with E-state index in [0.29, 0.717) is 37.1 Å². The van der Waals surface area contributed by atoms with E-state index in [2.05, 4.69) is 10.1 Å². The molecule has 39 heavy (non-hydrogen) atoms. The highest BCUT2D eigenvalue weighted by atomic mass is 32.1. The van der Waals surface area contributed by atoms with E-state index in [1.807, 2.05) is 46.0 Å². The molecule has 0 bridgehead atoms. The number of amides is 1. The number of hydrogen-bond acceptors (Lipinski definition) is 7. The fourth-order valence-corrected chi connectivity index (χ4v) is 6.17.